The molecule has 1 aliphatic heterocycles. The number of nitrogens with one attached hydrogen (secondary N) is 1. The summed E-state index contributed by atoms with van der Waals surface area (Å²) in [5.74, 6) is -1.45. The maximum Gasteiger partial charge on any atom is 0.335 e. The monoisotopic (exact) mass is 589 g/mol. The molecule has 1 heterocycles. The minimum absolute atomic E-state index is 0.0795. The number of rotatable bonds is 8. The first-order valence-corrected chi connectivity index (χ1v) is 12.4. The standard InChI is InChI=1S/C26H18Cl3N3O7/c1-2-38-22-11-15(10-21(29)23(22)39-13-14-6-7-19(27)20(28)9-14)8-18-24(33)30-26(35)31(25(18)34)16-4-3-5-17(12-16)32(36)37/h3-12H,2,13H2,1H3,(H,30,33,35)/b18-8+. The molecule has 3 aromatic rings. The summed E-state index contributed by atoms with van der Waals surface area (Å²) < 4.78 is 11.6. The molecule has 10 nitrogen and oxygen atoms in total. The Kier molecular flexibility index (Phi) is 8.39. The van der Waals surface area contributed by atoms with E-state index in [4.69, 9.17) is 44.3 Å². The average Bonchev–Trinajstić information content (AvgIpc) is 2.88. The molecule has 1 saturated heterocycles. The van der Waals surface area contributed by atoms with Gasteiger partial charge in [0.2, 0.25) is 0 Å². The molecule has 4 amide bonds. The molecule has 0 aliphatic carbocycles. The van der Waals surface area contributed by atoms with Crippen molar-refractivity contribution in [2.24, 2.45) is 0 Å². The number of hydrogen-bond donors (Lipinski definition) is 1. The molecule has 0 unspecified atom stereocenters. The fourth-order valence-electron chi connectivity index (χ4n) is 3.66. The fraction of sp³-hybridized carbons (Fsp3) is 0.115. The fourth-order valence-corrected chi connectivity index (χ4v) is 4.26. The number of carbonyl (C=O) groups is 3. The van der Waals surface area contributed by atoms with Gasteiger partial charge in [-0.2, -0.15) is 0 Å². The molecule has 0 bridgehead atoms. The van der Waals surface area contributed by atoms with Crippen molar-refractivity contribution in [3.63, 3.8) is 0 Å². The number of benzene rings is 3. The zero-order chi connectivity index (χ0) is 28.3. The van der Waals surface area contributed by atoms with Crippen LogP contribution in [0, 0.1) is 10.1 Å². The van der Waals surface area contributed by atoms with Gasteiger partial charge in [-0.3, -0.25) is 25.0 Å². The van der Waals surface area contributed by atoms with Gasteiger partial charge in [0.25, 0.3) is 17.5 Å². The van der Waals surface area contributed by atoms with Crippen molar-refractivity contribution >= 4 is 70.1 Å². The number of halogens is 3. The Balaban J connectivity index is 1.66. The summed E-state index contributed by atoms with van der Waals surface area (Å²) in [4.78, 5) is 49.4. The Hall–Kier alpha value is -4.12. The van der Waals surface area contributed by atoms with Crippen LogP contribution in [0.4, 0.5) is 16.2 Å². The number of nitro groups is 1. The lowest BCUT2D eigenvalue weighted by Gasteiger charge is -2.26. The molecule has 4 rings (SSSR count). The van der Waals surface area contributed by atoms with Gasteiger partial charge in [-0.05, 0) is 54.5 Å². The van der Waals surface area contributed by atoms with Crippen LogP contribution in [-0.4, -0.2) is 29.4 Å². The first-order valence-electron chi connectivity index (χ1n) is 11.3. The zero-order valence-corrected chi connectivity index (χ0v) is 22.3. The molecule has 0 aromatic heterocycles. The third-order valence-corrected chi connectivity index (χ3v) is 6.43. The molecule has 0 saturated carbocycles. The first-order chi connectivity index (χ1) is 18.6. The van der Waals surface area contributed by atoms with Gasteiger partial charge in [-0.25, -0.2) is 9.69 Å². The van der Waals surface area contributed by atoms with Crippen LogP contribution >= 0.6 is 34.8 Å². The Morgan fingerprint density at radius 1 is 0.974 bits per heavy atom. The van der Waals surface area contributed by atoms with Gasteiger partial charge >= 0.3 is 6.03 Å². The lowest BCUT2D eigenvalue weighted by atomic mass is 10.1. The van der Waals surface area contributed by atoms with Crippen LogP contribution in [0.15, 0.2) is 60.2 Å². The molecule has 1 N–H and O–H groups in total. The van der Waals surface area contributed by atoms with E-state index in [2.05, 4.69) is 5.32 Å². The molecule has 39 heavy (non-hydrogen) atoms. The molecule has 1 fully saturated rings. The van der Waals surface area contributed by atoms with Gasteiger partial charge in [0.1, 0.15) is 12.2 Å². The lowest BCUT2D eigenvalue weighted by Crippen LogP contribution is -2.54. The summed E-state index contributed by atoms with van der Waals surface area (Å²) in [5, 5.41) is 14.1. The van der Waals surface area contributed by atoms with Crippen LogP contribution in [0.1, 0.15) is 18.1 Å². The average molecular weight is 591 g/mol. The molecular weight excluding hydrogens is 573 g/mol. The predicted octanol–water partition coefficient (Wildman–Crippen LogP) is 6.20. The molecule has 0 radical (unpaired) electrons. The maximum atomic E-state index is 13.2. The normalized spacial score (nSPS) is 14.4. The second-order valence-electron chi connectivity index (χ2n) is 8.03. The maximum absolute atomic E-state index is 13.2. The molecule has 3 aromatic carbocycles. The number of ether oxygens (including phenoxy) is 2. The van der Waals surface area contributed by atoms with E-state index in [1.807, 2.05) is 0 Å². The molecule has 200 valence electrons. The van der Waals surface area contributed by atoms with Crippen LogP contribution in [0.3, 0.4) is 0 Å². The van der Waals surface area contributed by atoms with Crippen LogP contribution in [-0.2, 0) is 16.2 Å². The molecule has 0 spiro atoms. The van der Waals surface area contributed by atoms with Crippen molar-refractivity contribution in [3.05, 3.63) is 96.5 Å². The van der Waals surface area contributed by atoms with Gasteiger partial charge in [-0.1, -0.05) is 46.9 Å². The van der Waals surface area contributed by atoms with E-state index in [9.17, 15) is 24.5 Å². The Labute approximate surface area is 236 Å². The highest BCUT2D eigenvalue weighted by Gasteiger charge is 2.37. The van der Waals surface area contributed by atoms with Gasteiger partial charge in [0, 0.05) is 12.1 Å². The third kappa shape index (κ3) is 6.14. The zero-order valence-electron chi connectivity index (χ0n) is 20.1. The molecule has 1 aliphatic rings. The predicted molar refractivity (Wildman–Crippen MR) is 146 cm³/mol. The van der Waals surface area contributed by atoms with Crippen LogP contribution in [0.25, 0.3) is 6.08 Å². The summed E-state index contributed by atoms with van der Waals surface area (Å²) in [6, 6.07) is 11.9. The summed E-state index contributed by atoms with van der Waals surface area (Å²) in [5.41, 5.74) is 0.218. The van der Waals surface area contributed by atoms with Gasteiger partial charge in [0.15, 0.2) is 11.5 Å². The summed E-state index contributed by atoms with van der Waals surface area (Å²) in [6.45, 7) is 2.11. The topological polar surface area (TPSA) is 128 Å². The number of urea groups is 1. The second kappa shape index (κ2) is 11.7. The summed E-state index contributed by atoms with van der Waals surface area (Å²) in [7, 11) is 0. The van der Waals surface area contributed by atoms with Crippen LogP contribution in [0.2, 0.25) is 15.1 Å². The second-order valence-corrected chi connectivity index (χ2v) is 9.26. The van der Waals surface area contributed by atoms with Crippen molar-refractivity contribution in [1.29, 1.82) is 0 Å². The molecule has 0 atom stereocenters. The van der Waals surface area contributed by atoms with E-state index in [-0.39, 0.29) is 41.1 Å². The Bertz CT molecular complexity index is 1540. The van der Waals surface area contributed by atoms with Crippen molar-refractivity contribution in [2.75, 3.05) is 11.5 Å². The molecular formula is C26H18Cl3N3O7. The van der Waals surface area contributed by atoms with E-state index in [1.54, 1.807) is 25.1 Å². The number of amides is 4. The number of nitrogens with zero attached hydrogens (tertiary/aromatic N) is 2. The van der Waals surface area contributed by atoms with Gasteiger partial charge in [-0.15, -0.1) is 0 Å². The number of imide groups is 2. The van der Waals surface area contributed by atoms with Crippen molar-refractivity contribution in [3.8, 4) is 11.5 Å². The lowest BCUT2D eigenvalue weighted by molar-refractivity contribution is -0.384. The van der Waals surface area contributed by atoms with Crippen LogP contribution in [0.5, 0.6) is 11.5 Å². The first kappa shape index (κ1) is 27.9. The highest BCUT2D eigenvalue weighted by molar-refractivity contribution is 6.42. The SMILES string of the molecule is CCOc1cc(/C=C2\C(=O)NC(=O)N(c3cccc([N+](=O)[O-])c3)C2=O)cc(Cl)c1OCc1ccc(Cl)c(Cl)c1. The van der Waals surface area contributed by atoms with E-state index in [1.165, 1.54) is 36.4 Å². The minimum Gasteiger partial charge on any atom is -0.490 e. The quantitative estimate of drug-likeness (QED) is 0.143. The number of carbonyl (C=O) groups excluding carboxylic acids is 3. The van der Waals surface area contributed by atoms with Crippen LogP contribution < -0.4 is 19.7 Å². The number of anilines is 1. The summed E-state index contributed by atoms with van der Waals surface area (Å²) >= 11 is 18.5. The van der Waals surface area contributed by atoms with E-state index < -0.39 is 28.3 Å². The van der Waals surface area contributed by atoms with Gasteiger partial charge < -0.3 is 9.47 Å². The third-order valence-electron chi connectivity index (χ3n) is 5.41. The number of nitro benzene ring substituents is 1. The highest BCUT2D eigenvalue weighted by Crippen LogP contribution is 2.38. The van der Waals surface area contributed by atoms with E-state index >= 15 is 0 Å². The Morgan fingerprint density at radius 2 is 1.74 bits per heavy atom. The van der Waals surface area contributed by atoms with Crippen molar-refractivity contribution in [1.82, 2.24) is 5.32 Å². The Morgan fingerprint density at radius 3 is 2.44 bits per heavy atom. The van der Waals surface area contributed by atoms with Crippen molar-refractivity contribution in [2.45, 2.75) is 13.5 Å². The number of barbiturate groups is 1. The van der Waals surface area contributed by atoms with E-state index in [0.717, 1.165) is 11.6 Å². The smallest absolute Gasteiger partial charge is 0.335 e. The number of non-ortho nitro benzene ring substituents is 1. The highest BCUT2D eigenvalue weighted by atomic mass is 35.5. The van der Waals surface area contributed by atoms with Crippen molar-refractivity contribution < 1.29 is 28.8 Å². The minimum atomic E-state index is -1.04. The largest absolute Gasteiger partial charge is 0.490 e. The van der Waals surface area contributed by atoms with E-state index in [0.29, 0.717) is 20.5 Å². The van der Waals surface area contributed by atoms with Gasteiger partial charge in [0.05, 0.1) is 32.3 Å². The molecule has 13 heteroatoms. The number of hydrogen-bond acceptors (Lipinski definition) is 7. The summed E-state index contributed by atoms with van der Waals surface area (Å²) in [6.07, 6.45) is 1.23.